The van der Waals surface area contributed by atoms with Crippen molar-refractivity contribution in [2.45, 2.75) is 25.4 Å². The normalized spacial score (nSPS) is 12.5. The molecule has 120 valence electrons. The Morgan fingerprint density at radius 2 is 2.27 bits per heavy atom. The van der Waals surface area contributed by atoms with Crippen LogP contribution in [-0.2, 0) is 11.3 Å². The summed E-state index contributed by atoms with van der Waals surface area (Å²) in [7, 11) is 0. The Morgan fingerprint density at radius 3 is 3.00 bits per heavy atom. The zero-order valence-corrected chi connectivity index (χ0v) is 15.0. The molecule has 0 radical (unpaired) electrons. The number of aliphatic hydroxyl groups excluding tert-OH is 1. The third-order valence-electron chi connectivity index (χ3n) is 3.57. The quantitative estimate of drug-likeness (QED) is 0.735. The number of carbonyl (C=O) groups is 1. The molecular weight excluding hydrogens is 364 g/mol. The Bertz CT molecular complexity index is 630. The average Bonchev–Trinajstić information content (AvgIpc) is 2.91. The van der Waals surface area contributed by atoms with Gasteiger partial charge in [0.15, 0.2) is 0 Å². The molecule has 6 heteroatoms. The second kappa shape index (κ2) is 8.60. The predicted molar refractivity (Wildman–Crippen MR) is 96.3 cm³/mol. The van der Waals surface area contributed by atoms with Crippen LogP contribution in [0.5, 0.6) is 0 Å². The van der Waals surface area contributed by atoms with E-state index in [1.54, 1.807) is 11.8 Å². The number of amides is 1. The molecule has 1 heterocycles. The molecule has 22 heavy (non-hydrogen) atoms. The summed E-state index contributed by atoms with van der Waals surface area (Å²) < 4.78 is 3.11. The van der Waals surface area contributed by atoms with Crippen LogP contribution >= 0.6 is 27.7 Å². The van der Waals surface area contributed by atoms with Gasteiger partial charge in [0.1, 0.15) is 0 Å². The SMILES string of the molecule is CSCC[C@@H](CO)NC(=O)CCn1ccc2ccc(Br)cc21. The summed E-state index contributed by atoms with van der Waals surface area (Å²) in [6.45, 7) is 0.623. The molecule has 0 aliphatic heterocycles. The molecule has 2 N–H and O–H groups in total. The molecule has 1 aromatic carbocycles. The van der Waals surface area contributed by atoms with E-state index in [2.05, 4.69) is 44.0 Å². The molecule has 1 atom stereocenters. The number of fused-ring (bicyclic) bond motifs is 1. The van der Waals surface area contributed by atoms with Crippen LogP contribution in [0.15, 0.2) is 34.9 Å². The molecule has 0 fully saturated rings. The van der Waals surface area contributed by atoms with Gasteiger partial charge in [-0.3, -0.25) is 4.79 Å². The first-order chi connectivity index (χ1) is 10.6. The van der Waals surface area contributed by atoms with Crippen molar-refractivity contribution in [3.8, 4) is 0 Å². The molecule has 0 spiro atoms. The largest absolute Gasteiger partial charge is 0.394 e. The van der Waals surface area contributed by atoms with Crippen molar-refractivity contribution >= 4 is 44.5 Å². The van der Waals surface area contributed by atoms with Gasteiger partial charge in [-0.1, -0.05) is 22.0 Å². The van der Waals surface area contributed by atoms with Crippen LogP contribution in [0, 0.1) is 0 Å². The van der Waals surface area contributed by atoms with Gasteiger partial charge in [0, 0.05) is 29.2 Å². The maximum atomic E-state index is 12.0. The number of hydrogen-bond acceptors (Lipinski definition) is 3. The van der Waals surface area contributed by atoms with Crippen LogP contribution in [-0.4, -0.2) is 40.2 Å². The van der Waals surface area contributed by atoms with Crippen molar-refractivity contribution in [2.75, 3.05) is 18.6 Å². The number of hydrogen-bond donors (Lipinski definition) is 2. The van der Waals surface area contributed by atoms with Crippen LogP contribution in [0.4, 0.5) is 0 Å². The lowest BCUT2D eigenvalue weighted by atomic mass is 10.2. The third kappa shape index (κ3) is 4.76. The maximum Gasteiger partial charge on any atom is 0.222 e. The summed E-state index contributed by atoms with van der Waals surface area (Å²) in [6.07, 6.45) is 5.22. The Kier molecular flexibility index (Phi) is 6.79. The molecular formula is C16H21BrN2O2S. The van der Waals surface area contributed by atoms with Gasteiger partial charge in [0.25, 0.3) is 0 Å². The van der Waals surface area contributed by atoms with E-state index in [1.165, 1.54) is 0 Å². The van der Waals surface area contributed by atoms with Gasteiger partial charge in [-0.2, -0.15) is 11.8 Å². The molecule has 1 amide bonds. The fourth-order valence-electron chi connectivity index (χ4n) is 2.34. The molecule has 0 bridgehead atoms. The minimum absolute atomic E-state index is 0.00824. The fourth-order valence-corrected chi connectivity index (χ4v) is 3.21. The lowest BCUT2D eigenvalue weighted by Gasteiger charge is -2.16. The van der Waals surface area contributed by atoms with E-state index in [1.807, 2.05) is 18.5 Å². The molecule has 0 saturated carbocycles. The highest BCUT2D eigenvalue weighted by atomic mass is 79.9. The van der Waals surface area contributed by atoms with E-state index in [0.29, 0.717) is 13.0 Å². The average molecular weight is 385 g/mol. The zero-order valence-electron chi connectivity index (χ0n) is 12.6. The van der Waals surface area contributed by atoms with Crippen molar-refractivity contribution in [1.82, 2.24) is 9.88 Å². The molecule has 0 saturated heterocycles. The molecule has 0 aliphatic carbocycles. The van der Waals surface area contributed by atoms with Crippen molar-refractivity contribution in [2.24, 2.45) is 0 Å². The van der Waals surface area contributed by atoms with E-state index in [0.717, 1.165) is 27.5 Å². The first-order valence-corrected chi connectivity index (χ1v) is 9.46. The maximum absolute atomic E-state index is 12.0. The number of aliphatic hydroxyl groups is 1. The second-order valence-corrected chi connectivity index (χ2v) is 7.09. The van der Waals surface area contributed by atoms with Gasteiger partial charge < -0.3 is 15.0 Å². The number of halogens is 1. The van der Waals surface area contributed by atoms with E-state index >= 15 is 0 Å². The third-order valence-corrected chi connectivity index (χ3v) is 4.71. The van der Waals surface area contributed by atoms with Gasteiger partial charge in [-0.05, 0) is 42.0 Å². The molecule has 2 aromatic rings. The number of carbonyl (C=O) groups excluding carboxylic acids is 1. The number of nitrogens with zero attached hydrogens (tertiary/aromatic N) is 1. The highest BCUT2D eigenvalue weighted by Gasteiger charge is 2.11. The number of nitrogens with one attached hydrogen (secondary N) is 1. The van der Waals surface area contributed by atoms with Crippen LogP contribution in [0.3, 0.4) is 0 Å². The number of rotatable bonds is 8. The predicted octanol–water partition coefficient (Wildman–Crippen LogP) is 3.02. The second-order valence-electron chi connectivity index (χ2n) is 5.19. The zero-order chi connectivity index (χ0) is 15.9. The fraction of sp³-hybridized carbons (Fsp3) is 0.438. The Labute approximate surface area is 143 Å². The van der Waals surface area contributed by atoms with Gasteiger partial charge in [0.05, 0.1) is 12.6 Å². The van der Waals surface area contributed by atoms with Crippen molar-refractivity contribution in [3.05, 3.63) is 34.9 Å². The standard InChI is InChI=1S/C16H21BrN2O2S/c1-22-9-6-14(11-20)18-16(21)5-8-19-7-4-12-2-3-13(17)10-15(12)19/h2-4,7,10,14,20H,5-6,8-9,11H2,1H3,(H,18,21)/t14-/m0/s1. The Morgan fingerprint density at radius 1 is 1.45 bits per heavy atom. The van der Waals surface area contributed by atoms with Crippen LogP contribution < -0.4 is 5.32 Å². The number of benzene rings is 1. The molecule has 0 unspecified atom stereocenters. The van der Waals surface area contributed by atoms with Crippen molar-refractivity contribution < 1.29 is 9.90 Å². The number of aryl methyl sites for hydroxylation is 1. The summed E-state index contributed by atoms with van der Waals surface area (Å²) >= 11 is 5.19. The molecule has 1 aromatic heterocycles. The monoisotopic (exact) mass is 384 g/mol. The summed E-state index contributed by atoms with van der Waals surface area (Å²) in [5.74, 6) is 0.916. The van der Waals surface area contributed by atoms with E-state index < -0.39 is 0 Å². The first kappa shape index (κ1) is 17.4. The van der Waals surface area contributed by atoms with Gasteiger partial charge in [-0.25, -0.2) is 0 Å². The highest BCUT2D eigenvalue weighted by Crippen LogP contribution is 2.21. The minimum Gasteiger partial charge on any atom is -0.394 e. The summed E-state index contributed by atoms with van der Waals surface area (Å²) in [5, 5.41) is 13.4. The first-order valence-electron chi connectivity index (χ1n) is 7.27. The number of thioether (sulfide) groups is 1. The topological polar surface area (TPSA) is 54.3 Å². The summed E-state index contributed by atoms with van der Waals surface area (Å²) in [5.41, 5.74) is 1.11. The minimum atomic E-state index is -0.143. The van der Waals surface area contributed by atoms with Gasteiger partial charge in [0.2, 0.25) is 5.91 Å². The molecule has 2 rings (SSSR count). The lowest BCUT2D eigenvalue weighted by Crippen LogP contribution is -2.38. The van der Waals surface area contributed by atoms with Crippen LogP contribution in [0.25, 0.3) is 10.9 Å². The Balaban J connectivity index is 1.91. The number of aromatic nitrogens is 1. The Hall–Kier alpha value is -0.980. The van der Waals surface area contributed by atoms with E-state index in [-0.39, 0.29) is 18.6 Å². The van der Waals surface area contributed by atoms with Crippen LogP contribution in [0.2, 0.25) is 0 Å². The molecule has 0 aliphatic rings. The smallest absolute Gasteiger partial charge is 0.222 e. The van der Waals surface area contributed by atoms with Crippen LogP contribution in [0.1, 0.15) is 12.8 Å². The van der Waals surface area contributed by atoms with Gasteiger partial charge >= 0.3 is 0 Å². The van der Waals surface area contributed by atoms with E-state index in [9.17, 15) is 9.90 Å². The van der Waals surface area contributed by atoms with Gasteiger partial charge in [-0.15, -0.1) is 0 Å². The highest BCUT2D eigenvalue weighted by molar-refractivity contribution is 9.10. The molecule has 4 nitrogen and oxygen atoms in total. The van der Waals surface area contributed by atoms with Crippen molar-refractivity contribution in [1.29, 1.82) is 0 Å². The summed E-state index contributed by atoms with van der Waals surface area (Å²) in [4.78, 5) is 12.0. The van der Waals surface area contributed by atoms with Crippen molar-refractivity contribution in [3.63, 3.8) is 0 Å². The van der Waals surface area contributed by atoms with E-state index in [4.69, 9.17) is 0 Å². The summed E-state index contributed by atoms with van der Waals surface area (Å²) in [6, 6.07) is 8.03. The lowest BCUT2D eigenvalue weighted by molar-refractivity contribution is -0.122.